The number of benzene rings is 2. The summed E-state index contributed by atoms with van der Waals surface area (Å²) in [5.74, 6) is -0.262. The van der Waals surface area contributed by atoms with Gasteiger partial charge in [0.25, 0.3) is 5.22 Å². The number of hydrogen-bond donors (Lipinski definition) is 1. The molecule has 0 bridgehead atoms. The van der Waals surface area contributed by atoms with Crippen LogP contribution in [0.15, 0.2) is 52.1 Å². The molecule has 1 N–H and O–H groups in total. The maximum atomic E-state index is 13.2. The molecule has 5 nitrogen and oxygen atoms in total. The molecule has 0 unspecified atom stereocenters. The minimum absolute atomic E-state index is 0.272. The lowest BCUT2D eigenvalue weighted by Crippen LogP contribution is -2.22. The molecule has 134 valence electrons. The van der Waals surface area contributed by atoms with E-state index >= 15 is 0 Å². The van der Waals surface area contributed by atoms with Gasteiger partial charge in [0.15, 0.2) is 0 Å². The van der Waals surface area contributed by atoms with Crippen molar-refractivity contribution in [2.24, 2.45) is 0 Å². The largest absolute Gasteiger partial charge is 0.411 e. The molecule has 1 heterocycles. The Morgan fingerprint density at radius 2 is 1.88 bits per heavy atom. The van der Waals surface area contributed by atoms with Crippen LogP contribution in [0.2, 0.25) is 0 Å². The van der Waals surface area contributed by atoms with Crippen LogP contribution in [0.5, 0.6) is 0 Å². The summed E-state index contributed by atoms with van der Waals surface area (Å²) in [4.78, 5) is 12.2. The van der Waals surface area contributed by atoms with Crippen molar-refractivity contribution >= 4 is 23.4 Å². The molecule has 0 aliphatic heterocycles. The normalized spacial score (nSPS) is 12.0. The number of nitrogens with zero attached hydrogens (tertiary/aromatic N) is 2. The van der Waals surface area contributed by atoms with Gasteiger partial charge in [0.1, 0.15) is 5.82 Å². The lowest BCUT2D eigenvalue weighted by atomic mass is 10.1. The fourth-order valence-electron chi connectivity index (χ4n) is 2.49. The average Bonchev–Trinajstić information content (AvgIpc) is 3.02. The van der Waals surface area contributed by atoms with Gasteiger partial charge >= 0.3 is 0 Å². The van der Waals surface area contributed by atoms with E-state index in [0.29, 0.717) is 16.8 Å². The van der Waals surface area contributed by atoms with Crippen LogP contribution in [0.1, 0.15) is 18.1 Å². The number of carbonyl (C=O) groups excluding carboxylic acids is 1. The molecule has 0 aliphatic carbocycles. The minimum Gasteiger partial charge on any atom is -0.411 e. The van der Waals surface area contributed by atoms with E-state index in [4.69, 9.17) is 4.42 Å². The lowest BCUT2D eigenvalue weighted by molar-refractivity contribution is -0.115. The van der Waals surface area contributed by atoms with Crippen molar-refractivity contribution in [2.45, 2.75) is 31.2 Å². The van der Waals surface area contributed by atoms with E-state index in [0.717, 1.165) is 28.5 Å². The van der Waals surface area contributed by atoms with E-state index in [1.165, 1.54) is 18.2 Å². The summed E-state index contributed by atoms with van der Waals surface area (Å²) in [6, 6.07) is 11.7. The van der Waals surface area contributed by atoms with Gasteiger partial charge in [0.05, 0.1) is 5.25 Å². The number of anilines is 1. The highest BCUT2D eigenvalue weighted by molar-refractivity contribution is 8.00. The molecule has 0 saturated carbocycles. The Kier molecular flexibility index (Phi) is 5.37. The number of thioether (sulfide) groups is 1. The number of amides is 1. The smallest absolute Gasteiger partial charge is 0.277 e. The first-order chi connectivity index (χ1) is 12.4. The highest BCUT2D eigenvalue weighted by atomic mass is 32.2. The Morgan fingerprint density at radius 1 is 1.15 bits per heavy atom. The lowest BCUT2D eigenvalue weighted by Gasteiger charge is -2.09. The molecule has 3 rings (SSSR count). The summed E-state index contributed by atoms with van der Waals surface area (Å²) in [5, 5.41) is 10.6. The van der Waals surface area contributed by atoms with Crippen molar-refractivity contribution in [3.05, 3.63) is 59.4 Å². The van der Waals surface area contributed by atoms with Crippen molar-refractivity contribution in [1.29, 1.82) is 0 Å². The van der Waals surface area contributed by atoms with Crippen LogP contribution < -0.4 is 5.32 Å². The molecule has 0 spiro atoms. The molecule has 0 radical (unpaired) electrons. The summed E-state index contributed by atoms with van der Waals surface area (Å²) in [6.07, 6.45) is 0. The topological polar surface area (TPSA) is 68.0 Å². The summed E-state index contributed by atoms with van der Waals surface area (Å²) in [7, 11) is 0. The zero-order chi connectivity index (χ0) is 18.7. The summed E-state index contributed by atoms with van der Waals surface area (Å²) < 4.78 is 18.9. The molecule has 1 aromatic heterocycles. The van der Waals surface area contributed by atoms with Crippen LogP contribution in [0, 0.1) is 19.7 Å². The van der Waals surface area contributed by atoms with Gasteiger partial charge in [-0.1, -0.05) is 35.0 Å². The van der Waals surface area contributed by atoms with Gasteiger partial charge in [0.2, 0.25) is 11.8 Å². The maximum absolute atomic E-state index is 13.2. The van der Waals surface area contributed by atoms with Gasteiger partial charge in [0, 0.05) is 11.3 Å². The van der Waals surface area contributed by atoms with E-state index < -0.39 is 11.1 Å². The highest BCUT2D eigenvalue weighted by Gasteiger charge is 2.19. The molecule has 7 heteroatoms. The Labute approximate surface area is 155 Å². The van der Waals surface area contributed by atoms with E-state index in [1.54, 1.807) is 13.0 Å². The Morgan fingerprint density at radius 3 is 2.58 bits per heavy atom. The van der Waals surface area contributed by atoms with Crippen LogP contribution in [-0.2, 0) is 4.79 Å². The monoisotopic (exact) mass is 371 g/mol. The number of halogens is 1. The number of nitrogens with one attached hydrogen (secondary N) is 1. The fraction of sp³-hybridized carbons (Fsp3) is 0.211. The first-order valence-corrected chi connectivity index (χ1v) is 8.94. The average molecular weight is 371 g/mol. The third kappa shape index (κ3) is 4.49. The van der Waals surface area contributed by atoms with Gasteiger partial charge in [-0.3, -0.25) is 4.79 Å². The molecule has 0 aliphatic rings. The first-order valence-electron chi connectivity index (χ1n) is 8.06. The number of rotatable bonds is 5. The molecule has 0 saturated heterocycles. The van der Waals surface area contributed by atoms with Crippen LogP contribution in [-0.4, -0.2) is 21.4 Å². The Bertz CT molecular complexity index is 922. The van der Waals surface area contributed by atoms with Gasteiger partial charge in [-0.2, -0.15) is 0 Å². The number of aromatic nitrogens is 2. The molecule has 1 amide bonds. The molecule has 3 aromatic rings. The molecule has 26 heavy (non-hydrogen) atoms. The van der Waals surface area contributed by atoms with Crippen molar-refractivity contribution < 1.29 is 13.6 Å². The SMILES string of the molecule is Cc1cc(C)cc(-c2nnc(S[C@H](C)C(=O)Nc3cccc(F)c3)o2)c1. The predicted octanol–water partition coefficient (Wildman–Crippen LogP) is 4.61. The zero-order valence-corrected chi connectivity index (χ0v) is 15.4. The molecule has 0 fully saturated rings. The van der Waals surface area contributed by atoms with Crippen LogP contribution in [0.3, 0.4) is 0 Å². The number of hydrogen-bond acceptors (Lipinski definition) is 5. The second kappa shape index (κ2) is 7.70. The first kappa shape index (κ1) is 18.1. The molecule has 1 atom stereocenters. The second-order valence-corrected chi connectivity index (χ2v) is 7.30. The highest BCUT2D eigenvalue weighted by Crippen LogP contribution is 2.27. The molecule has 2 aromatic carbocycles. The number of carbonyl (C=O) groups is 1. The number of aryl methyl sites for hydroxylation is 2. The van der Waals surface area contributed by atoms with E-state index in [9.17, 15) is 9.18 Å². The maximum Gasteiger partial charge on any atom is 0.277 e. The second-order valence-electron chi connectivity index (χ2n) is 6.01. The zero-order valence-electron chi connectivity index (χ0n) is 14.6. The summed E-state index contributed by atoms with van der Waals surface area (Å²) in [5.41, 5.74) is 3.47. The predicted molar refractivity (Wildman–Crippen MR) is 99.6 cm³/mol. The van der Waals surface area contributed by atoms with E-state index in [2.05, 4.69) is 21.6 Å². The van der Waals surface area contributed by atoms with Gasteiger partial charge < -0.3 is 9.73 Å². The third-order valence-electron chi connectivity index (χ3n) is 3.61. The molecular formula is C19H18FN3O2S. The Balaban J connectivity index is 1.67. The quantitative estimate of drug-likeness (QED) is 0.663. The fourth-order valence-corrected chi connectivity index (χ4v) is 3.17. The van der Waals surface area contributed by atoms with Crippen molar-refractivity contribution in [1.82, 2.24) is 10.2 Å². The standard InChI is InChI=1S/C19H18FN3O2S/c1-11-7-12(2)9-14(8-11)18-22-23-19(25-18)26-13(3)17(24)21-16-6-4-5-15(20)10-16/h4-10,13H,1-3H3,(H,21,24)/t13-/m1/s1. The van der Waals surface area contributed by atoms with Crippen molar-refractivity contribution in [3.63, 3.8) is 0 Å². The third-order valence-corrected chi connectivity index (χ3v) is 4.55. The van der Waals surface area contributed by atoms with Crippen molar-refractivity contribution in [2.75, 3.05) is 5.32 Å². The van der Waals surface area contributed by atoms with Crippen molar-refractivity contribution in [3.8, 4) is 11.5 Å². The Hall–Kier alpha value is -2.67. The van der Waals surface area contributed by atoms with Crippen LogP contribution in [0.25, 0.3) is 11.5 Å². The van der Waals surface area contributed by atoms with Gasteiger partial charge in [-0.15, -0.1) is 10.2 Å². The summed E-state index contributed by atoms with van der Waals surface area (Å²) in [6.45, 7) is 5.72. The van der Waals surface area contributed by atoms with Gasteiger partial charge in [-0.25, -0.2) is 4.39 Å². The minimum atomic E-state index is -0.481. The van der Waals surface area contributed by atoms with Crippen LogP contribution >= 0.6 is 11.8 Å². The van der Waals surface area contributed by atoms with Gasteiger partial charge in [-0.05, 0) is 51.1 Å². The van der Waals surface area contributed by atoms with E-state index in [1.807, 2.05) is 26.0 Å². The van der Waals surface area contributed by atoms with E-state index in [-0.39, 0.29) is 5.91 Å². The molecular weight excluding hydrogens is 353 g/mol. The summed E-state index contributed by atoms with van der Waals surface area (Å²) >= 11 is 1.15. The van der Waals surface area contributed by atoms with Crippen LogP contribution in [0.4, 0.5) is 10.1 Å².